The first kappa shape index (κ1) is 19.6. The van der Waals surface area contributed by atoms with Gasteiger partial charge in [-0.3, -0.25) is 9.88 Å². The SMILES string of the molecule is Cc1cc(C)n(-c2cncc(NCc3ccccc3CN3CCCCC3C)n2)n1. The Labute approximate surface area is 173 Å². The number of hydrogen-bond donors (Lipinski definition) is 1. The third-order valence-corrected chi connectivity index (χ3v) is 5.74. The average molecular weight is 391 g/mol. The van der Waals surface area contributed by atoms with Gasteiger partial charge in [0.05, 0.1) is 18.1 Å². The fourth-order valence-electron chi connectivity index (χ4n) is 4.09. The molecule has 6 nitrogen and oxygen atoms in total. The van der Waals surface area contributed by atoms with E-state index in [1.807, 2.05) is 24.6 Å². The van der Waals surface area contributed by atoms with Gasteiger partial charge in [0.1, 0.15) is 5.82 Å². The summed E-state index contributed by atoms with van der Waals surface area (Å²) in [6, 6.07) is 11.4. The van der Waals surface area contributed by atoms with Crippen molar-refractivity contribution in [2.75, 3.05) is 11.9 Å². The number of rotatable bonds is 6. The van der Waals surface area contributed by atoms with E-state index in [4.69, 9.17) is 4.98 Å². The van der Waals surface area contributed by atoms with Crippen molar-refractivity contribution in [3.8, 4) is 5.82 Å². The summed E-state index contributed by atoms with van der Waals surface area (Å²) in [5, 5.41) is 7.96. The number of nitrogens with one attached hydrogen (secondary N) is 1. The maximum absolute atomic E-state index is 4.71. The summed E-state index contributed by atoms with van der Waals surface area (Å²) in [5.41, 5.74) is 4.72. The van der Waals surface area contributed by atoms with Gasteiger partial charge in [0.25, 0.3) is 0 Å². The van der Waals surface area contributed by atoms with Crippen molar-refractivity contribution >= 4 is 5.82 Å². The van der Waals surface area contributed by atoms with Crippen LogP contribution in [0.4, 0.5) is 5.82 Å². The van der Waals surface area contributed by atoms with Gasteiger partial charge in [0.15, 0.2) is 5.82 Å². The molecule has 1 atom stereocenters. The largest absolute Gasteiger partial charge is 0.365 e. The molecule has 3 aromatic rings. The molecule has 0 spiro atoms. The molecule has 1 aliphatic heterocycles. The Morgan fingerprint density at radius 3 is 2.69 bits per heavy atom. The molecule has 2 aromatic heterocycles. The number of piperidine rings is 1. The van der Waals surface area contributed by atoms with Gasteiger partial charge in [-0.2, -0.15) is 5.10 Å². The third-order valence-electron chi connectivity index (χ3n) is 5.74. The van der Waals surface area contributed by atoms with Gasteiger partial charge in [0.2, 0.25) is 0 Å². The first-order valence-corrected chi connectivity index (χ1v) is 10.5. The van der Waals surface area contributed by atoms with Gasteiger partial charge < -0.3 is 5.32 Å². The fraction of sp³-hybridized carbons (Fsp3) is 0.435. The predicted octanol–water partition coefficient (Wildman–Crippen LogP) is 4.27. The molecule has 29 heavy (non-hydrogen) atoms. The second-order valence-corrected chi connectivity index (χ2v) is 8.04. The summed E-state index contributed by atoms with van der Waals surface area (Å²) in [5.74, 6) is 1.49. The van der Waals surface area contributed by atoms with Crippen LogP contribution in [-0.2, 0) is 13.1 Å². The third kappa shape index (κ3) is 4.65. The highest BCUT2D eigenvalue weighted by Gasteiger charge is 2.19. The van der Waals surface area contributed by atoms with Crippen LogP contribution in [0.2, 0.25) is 0 Å². The number of hydrogen-bond acceptors (Lipinski definition) is 5. The number of nitrogens with zero attached hydrogens (tertiary/aromatic N) is 5. The smallest absolute Gasteiger partial charge is 0.174 e. The fourth-order valence-corrected chi connectivity index (χ4v) is 4.09. The van der Waals surface area contributed by atoms with Crippen LogP contribution in [0.15, 0.2) is 42.7 Å². The monoisotopic (exact) mass is 390 g/mol. The molecule has 1 fully saturated rings. The van der Waals surface area contributed by atoms with Crippen LogP contribution in [0.3, 0.4) is 0 Å². The number of aromatic nitrogens is 4. The quantitative estimate of drug-likeness (QED) is 0.681. The Morgan fingerprint density at radius 2 is 1.93 bits per heavy atom. The minimum atomic E-state index is 0.660. The summed E-state index contributed by atoms with van der Waals surface area (Å²) in [4.78, 5) is 11.7. The van der Waals surface area contributed by atoms with E-state index in [1.165, 1.54) is 36.9 Å². The molecule has 152 valence electrons. The molecule has 1 N–H and O–H groups in total. The van der Waals surface area contributed by atoms with Crippen LogP contribution in [0, 0.1) is 13.8 Å². The van der Waals surface area contributed by atoms with E-state index >= 15 is 0 Å². The molecule has 4 rings (SSSR count). The highest BCUT2D eigenvalue weighted by Crippen LogP contribution is 2.21. The normalized spacial score (nSPS) is 17.4. The van der Waals surface area contributed by atoms with Gasteiger partial charge in [-0.05, 0) is 57.4 Å². The van der Waals surface area contributed by atoms with E-state index in [9.17, 15) is 0 Å². The molecule has 1 saturated heterocycles. The Bertz CT molecular complexity index is 964. The van der Waals surface area contributed by atoms with Crippen molar-refractivity contribution in [2.45, 2.75) is 59.2 Å². The van der Waals surface area contributed by atoms with Crippen LogP contribution in [0.1, 0.15) is 48.7 Å². The Hall–Kier alpha value is -2.73. The molecule has 0 bridgehead atoms. The summed E-state index contributed by atoms with van der Waals surface area (Å²) < 4.78 is 1.83. The first-order valence-electron chi connectivity index (χ1n) is 10.5. The van der Waals surface area contributed by atoms with E-state index < -0.39 is 0 Å². The van der Waals surface area contributed by atoms with Crippen LogP contribution in [0.5, 0.6) is 0 Å². The molecule has 1 unspecified atom stereocenters. The van der Waals surface area contributed by atoms with Crippen molar-refractivity contribution in [1.29, 1.82) is 0 Å². The van der Waals surface area contributed by atoms with Crippen molar-refractivity contribution < 1.29 is 0 Å². The number of anilines is 1. The van der Waals surface area contributed by atoms with Crippen LogP contribution >= 0.6 is 0 Å². The highest BCUT2D eigenvalue weighted by molar-refractivity contribution is 5.39. The van der Waals surface area contributed by atoms with E-state index in [2.05, 4.69) is 51.5 Å². The molecule has 0 aliphatic carbocycles. The van der Waals surface area contributed by atoms with Gasteiger partial charge in [0, 0.05) is 24.8 Å². The maximum Gasteiger partial charge on any atom is 0.174 e. The standard InChI is InChI=1S/C23H30N6/c1-17-12-19(3)29(27-17)23-15-24-14-22(26-23)25-13-20-9-4-5-10-21(20)16-28-11-7-6-8-18(28)2/h4-5,9-10,12,14-15,18H,6-8,11,13,16H2,1-3H3,(H,25,26). The minimum absolute atomic E-state index is 0.660. The molecular weight excluding hydrogens is 360 g/mol. The zero-order chi connectivity index (χ0) is 20.2. The Balaban J connectivity index is 1.47. The van der Waals surface area contributed by atoms with Gasteiger partial charge in [-0.1, -0.05) is 30.7 Å². The summed E-state index contributed by atoms with van der Waals surface area (Å²) in [7, 11) is 0. The molecule has 3 heterocycles. The van der Waals surface area contributed by atoms with E-state index in [0.717, 1.165) is 36.1 Å². The van der Waals surface area contributed by atoms with E-state index in [0.29, 0.717) is 6.04 Å². The second kappa shape index (κ2) is 8.74. The van der Waals surface area contributed by atoms with E-state index in [-0.39, 0.29) is 0 Å². The molecule has 6 heteroatoms. The van der Waals surface area contributed by atoms with Crippen LogP contribution < -0.4 is 5.32 Å². The van der Waals surface area contributed by atoms with Crippen LogP contribution in [-0.4, -0.2) is 37.2 Å². The highest BCUT2D eigenvalue weighted by atomic mass is 15.3. The van der Waals surface area contributed by atoms with E-state index in [1.54, 1.807) is 12.4 Å². The molecular formula is C23H30N6. The number of likely N-dealkylation sites (tertiary alicyclic amines) is 1. The van der Waals surface area contributed by atoms with Crippen molar-refractivity contribution in [3.05, 3.63) is 65.2 Å². The molecule has 1 aromatic carbocycles. The van der Waals surface area contributed by atoms with Gasteiger partial charge in [-0.25, -0.2) is 9.67 Å². The van der Waals surface area contributed by atoms with Crippen LogP contribution in [0.25, 0.3) is 5.82 Å². The minimum Gasteiger partial charge on any atom is -0.365 e. The predicted molar refractivity (Wildman–Crippen MR) is 116 cm³/mol. The number of benzene rings is 1. The van der Waals surface area contributed by atoms with Crippen molar-refractivity contribution in [1.82, 2.24) is 24.6 Å². The van der Waals surface area contributed by atoms with Crippen molar-refractivity contribution in [2.24, 2.45) is 0 Å². The zero-order valence-electron chi connectivity index (χ0n) is 17.6. The first-order chi connectivity index (χ1) is 14.1. The molecule has 1 aliphatic rings. The lowest BCUT2D eigenvalue weighted by Gasteiger charge is -2.33. The summed E-state index contributed by atoms with van der Waals surface area (Å²) >= 11 is 0. The van der Waals surface area contributed by atoms with Gasteiger partial charge >= 0.3 is 0 Å². The summed E-state index contributed by atoms with van der Waals surface area (Å²) in [6.45, 7) is 9.29. The maximum atomic E-state index is 4.71. The molecule has 0 amide bonds. The van der Waals surface area contributed by atoms with Gasteiger partial charge in [-0.15, -0.1) is 0 Å². The lowest BCUT2D eigenvalue weighted by Crippen LogP contribution is -2.37. The lowest BCUT2D eigenvalue weighted by atomic mass is 10.0. The Kier molecular flexibility index (Phi) is 5.90. The zero-order valence-corrected chi connectivity index (χ0v) is 17.6. The summed E-state index contributed by atoms with van der Waals surface area (Å²) in [6.07, 6.45) is 7.47. The second-order valence-electron chi connectivity index (χ2n) is 8.04. The number of aryl methyl sites for hydroxylation is 2. The topological polar surface area (TPSA) is 58.9 Å². The molecule has 0 radical (unpaired) electrons. The molecule has 0 saturated carbocycles. The average Bonchev–Trinajstić information content (AvgIpc) is 3.07. The lowest BCUT2D eigenvalue weighted by molar-refractivity contribution is 0.152. The van der Waals surface area contributed by atoms with Crippen molar-refractivity contribution in [3.63, 3.8) is 0 Å². The Morgan fingerprint density at radius 1 is 1.10 bits per heavy atom.